The van der Waals surface area contributed by atoms with Gasteiger partial charge in [-0.25, -0.2) is 9.67 Å². The van der Waals surface area contributed by atoms with Gasteiger partial charge in [-0.15, -0.1) is 0 Å². The van der Waals surface area contributed by atoms with Crippen LogP contribution in [0.1, 0.15) is 75.5 Å². The lowest BCUT2D eigenvalue weighted by atomic mass is 10.0. The molecule has 1 aliphatic rings. The molecule has 0 N–H and O–H groups in total. The third-order valence-corrected chi connectivity index (χ3v) is 4.75. The van der Waals surface area contributed by atoms with Crippen molar-refractivity contribution in [1.82, 2.24) is 19.7 Å². The number of hydrogen-bond donors (Lipinski definition) is 0. The van der Waals surface area contributed by atoms with Gasteiger partial charge in [-0.2, -0.15) is 5.10 Å². The summed E-state index contributed by atoms with van der Waals surface area (Å²) >= 11 is 0. The number of hydrogen-bond acceptors (Lipinski definition) is 5. The minimum Gasteiger partial charge on any atom is -0.465 e. The average molecular weight is 372 g/mol. The quantitative estimate of drug-likeness (QED) is 0.697. The number of rotatable bonds is 7. The Morgan fingerprint density at radius 2 is 2.00 bits per heavy atom. The van der Waals surface area contributed by atoms with Gasteiger partial charge in [-0.05, 0) is 45.6 Å². The fourth-order valence-electron chi connectivity index (χ4n) is 3.14. The van der Waals surface area contributed by atoms with Gasteiger partial charge >= 0.3 is 5.97 Å². The number of pyridine rings is 1. The summed E-state index contributed by atoms with van der Waals surface area (Å²) < 4.78 is 6.90. The zero-order valence-electron chi connectivity index (χ0n) is 16.7. The van der Waals surface area contributed by atoms with Crippen LogP contribution < -0.4 is 0 Å². The topological polar surface area (TPSA) is 77.3 Å². The van der Waals surface area contributed by atoms with E-state index in [0.717, 1.165) is 23.9 Å². The maximum absolute atomic E-state index is 13.4. The van der Waals surface area contributed by atoms with Crippen molar-refractivity contribution in [3.63, 3.8) is 0 Å². The summed E-state index contributed by atoms with van der Waals surface area (Å²) in [5.41, 5.74) is 2.12. The van der Waals surface area contributed by atoms with Crippen molar-refractivity contribution in [3.05, 3.63) is 23.5 Å². The fraction of sp³-hybridized carbons (Fsp3) is 0.600. The van der Waals surface area contributed by atoms with Crippen molar-refractivity contribution in [2.45, 2.75) is 65.5 Å². The molecule has 7 nitrogen and oxygen atoms in total. The van der Waals surface area contributed by atoms with Gasteiger partial charge < -0.3 is 9.64 Å². The van der Waals surface area contributed by atoms with E-state index in [-0.39, 0.29) is 36.4 Å². The molecule has 0 saturated heterocycles. The van der Waals surface area contributed by atoms with Crippen molar-refractivity contribution in [2.75, 3.05) is 13.2 Å². The van der Waals surface area contributed by atoms with Gasteiger partial charge in [0.1, 0.15) is 6.54 Å². The molecule has 2 heterocycles. The maximum atomic E-state index is 13.4. The summed E-state index contributed by atoms with van der Waals surface area (Å²) in [5.74, 6) is -0.343. The van der Waals surface area contributed by atoms with Gasteiger partial charge in [-0.1, -0.05) is 13.8 Å². The second-order valence-corrected chi connectivity index (χ2v) is 7.64. The Bertz CT molecular complexity index is 852. The standard InChI is InChI=1S/C20H28N4O3/c1-6-27-18(25)11-23(14-7-8-14)20(26)15-9-17(12(2)3)22-19-16(15)10-21-24(19)13(4)5/h9-10,12-14H,6-8,11H2,1-5H3. The van der Waals surface area contributed by atoms with Crippen LogP contribution in [-0.4, -0.2) is 50.7 Å². The normalized spacial score (nSPS) is 14.2. The summed E-state index contributed by atoms with van der Waals surface area (Å²) in [6.07, 6.45) is 3.54. The Hall–Kier alpha value is -2.44. The van der Waals surface area contributed by atoms with Crippen molar-refractivity contribution in [3.8, 4) is 0 Å². The van der Waals surface area contributed by atoms with Crippen molar-refractivity contribution in [1.29, 1.82) is 0 Å². The van der Waals surface area contributed by atoms with Gasteiger partial charge in [0, 0.05) is 17.8 Å². The van der Waals surface area contributed by atoms with Crippen molar-refractivity contribution >= 4 is 22.9 Å². The van der Waals surface area contributed by atoms with E-state index in [1.165, 1.54) is 0 Å². The largest absolute Gasteiger partial charge is 0.465 e. The number of aromatic nitrogens is 3. The third kappa shape index (κ3) is 3.96. The lowest BCUT2D eigenvalue weighted by molar-refractivity contribution is -0.144. The second kappa shape index (κ2) is 7.66. The summed E-state index contributed by atoms with van der Waals surface area (Å²) in [6.45, 7) is 10.2. The van der Waals surface area contributed by atoms with Crippen LogP contribution in [0.25, 0.3) is 11.0 Å². The Labute approximate surface area is 159 Å². The van der Waals surface area contributed by atoms with Gasteiger partial charge in [-0.3, -0.25) is 9.59 Å². The first kappa shape index (κ1) is 19.3. The molecule has 7 heteroatoms. The molecule has 0 aromatic carbocycles. The summed E-state index contributed by atoms with van der Waals surface area (Å²) in [6, 6.07) is 2.09. The number of nitrogens with zero attached hydrogens (tertiary/aromatic N) is 4. The van der Waals surface area contributed by atoms with Gasteiger partial charge in [0.05, 0.1) is 23.8 Å². The molecular weight excluding hydrogens is 344 g/mol. The Balaban J connectivity index is 2.05. The number of ether oxygens (including phenoxy) is 1. The van der Waals surface area contributed by atoms with E-state index in [4.69, 9.17) is 9.72 Å². The Morgan fingerprint density at radius 1 is 1.30 bits per heavy atom. The lowest BCUT2D eigenvalue weighted by Gasteiger charge is -2.22. The van der Waals surface area contributed by atoms with E-state index in [2.05, 4.69) is 18.9 Å². The van der Waals surface area contributed by atoms with E-state index in [9.17, 15) is 9.59 Å². The number of amides is 1. The highest BCUT2D eigenvalue weighted by molar-refractivity contribution is 6.06. The lowest BCUT2D eigenvalue weighted by Crippen LogP contribution is -2.38. The maximum Gasteiger partial charge on any atom is 0.325 e. The molecule has 146 valence electrons. The van der Waals surface area contributed by atoms with Gasteiger partial charge in [0.2, 0.25) is 0 Å². The van der Waals surface area contributed by atoms with Crippen LogP contribution in [0.2, 0.25) is 0 Å². The third-order valence-electron chi connectivity index (χ3n) is 4.75. The molecule has 2 aromatic rings. The van der Waals surface area contributed by atoms with Gasteiger partial charge in [0.25, 0.3) is 5.91 Å². The highest BCUT2D eigenvalue weighted by Crippen LogP contribution is 2.31. The second-order valence-electron chi connectivity index (χ2n) is 7.64. The Morgan fingerprint density at radius 3 is 2.56 bits per heavy atom. The molecule has 1 fully saturated rings. The van der Waals surface area contributed by atoms with Crippen LogP contribution in [0.15, 0.2) is 12.3 Å². The van der Waals surface area contributed by atoms with Gasteiger partial charge in [0.15, 0.2) is 5.65 Å². The monoisotopic (exact) mass is 372 g/mol. The molecule has 2 aromatic heterocycles. The molecule has 0 atom stereocenters. The van der Waals surface area contributed by atoms with E-state index in [1.54, 1.807) is 18.0 Å². The molecule has 0 unspecified atom stereocenters. The summed E-state index contributed by atoms with van der Waals surface area (Å²) in [7, 11) is 0. The Kier molecular flexibility index (Phi) is 5.48. The van der Waals surface area contributed by atoms with E-state index in [1.807, 2.05) is 24.6 Å². The number of carbonyl (C=O) groups excluding carboxylic acids is 2. The van der Waals surface area contributed by atoms with Crippen LogP contribution in [0, 0.1) is 0 Å². The molecule has 3 rings (SSSR count). The van der Waals surface area contributed by atoms with Crippen LogP contribution in [0.5, 0.6) is 0 Å². The minimum absolute atomic E-state index is 0.0174. The zero-order chi connectivity index (χ0) is 19.7. The molecule has 1 saturated carbocycles. The van der Waals surface area contributed by atoms with E-state index < -0.39 is 0 Å². The summed E-state index contributed by atoms with van der Waals surface area (Å²) in [5, 5.41) is 5.17. The summed E-state index contributed by atoms with van der Waals surface area (Å²) in [4.78, 5) is 31.8. The van der Waals surface area contributed by atoms with Crippen molar-refractivity contribution in [2.24, 2.45) is 0 Å². The first-order chi connectivity index (χ1) is 12.8. The molecule has 0 bridgehead atoms. The highest BCUT2D eigenvalue weighted by atomic mass is 16.5. The molecule has 0 spiro atoms. The molecule has 1 amide bonds. The van der Waals surface area contributed by atoms with E-state index >= 15 is 0 Å². The molecule has 0 aliphatic heterocycles. The van der Waals surface area contributed by atoms with Crippen LogP contribution in [0.3, 0.4) is 0 Å². The predicted octanol–water partition coefficient (Wildman–Crippen LogP) is 3.30. The molecule has 1 aliphatic carbocycles. The van der Waals surface area contributed by atoms with Crippen LogP contribution in [0.4, 0.5) is 0 Å². The first-order valence-electron chi connectivity index (χ1n) is 9.68. The molecule has 27 heavy (non-hydrogen) atoms. The van der Waals surface area contributed by atoms with E-state index in [0.29, 0.717) is 17.8 Å². The predicted molar refractivity (Wildman–Crippen MR) is 103 cm³/mol. The highest BCUT2D eigenvalue weighted by Gasteiger charge is 2.36. The molecular formula is C20H28N4O3. The van der Waals surface area contributed by atoms with Crippen molar-refractivity contribution < 1.29 is 14.3 Å². The van der Waals surface area contributed by atoms with Crippen LogP contribution >= 0.6 is 0 Å². The number of fused-ring (bicyclic) bond motifs is 1. The fourth-order valence-corrected chi connectivity index (χ4v) is 3.14. The smallest absolute Gasteiger partial charge is 0.325 e. The first-order valence-corrected chi connectivity index (χ1v) is 9.68. The average Bonchev–Trinajstić information content (AvgIpc) is 3.36. The zero-order valence-corrected chi connectivity index (χ0v) is 16.7. The van der Waals surface area contributed by atoms with Crippen LogP contribution in [-0.2, 0) is 9.53 Å². The molecule has 0 radical (unpaired) electrons. The minimum atomic E-state index is -0.370. The number of esters is 1. The SMILES string of the molecule is CCOC(=O)CN(C(=O)c1cc(C(C)C)nc2c1cnn2C(C)C)C1CC1. The number of carbonyl (C=O) groups is 2.